The lowest BCUT2D eigenvalue weighted by molar-refractivity contribution is 0.302. The zero-order valence-electron chi connectivity index (χ0n) is 12.0. The molecule has 19 heavy (non-hydrogen) atoms. The minimum atomic E-state index is -0.102. The first-order valence-corrected chi connectivity index (χ1v) is 7.11. The van der Waals surface area contributed by atoms with Gasteiger partial charge in [-0.3, -0.25) is 0 Å². The van der Waals surface area contributed by atoms with Crippen LogP contribution in [-0.4, -0.2) is 18.3 Å². The number of rotatable bonds is 7. The molecule has 1 aromatic carbocycles. The van der Waals surface area contributed by atoms with Crippen molar-refractivity contribution in [2.45, 2.75) is 46.0 Å². The molecule has 0 atom stereocenters. The van der Waals surface area contributed by atoms with Gasteiger partial charge in [0.15, 0.2) is 0 Å². The van der Waals surface area contributed by atoms with E-state index >= 15 is 0 Å². The molecule has 0 saturated heterocycles. The van der Waals surface area contributed by atoms with Crippen molar-refractivity contribution < 1.29 is 9.84 Å². The Balaban J connectivity index is 2.38. The van der Waals surface area contributed by atoms with E-state index in [9.17, 15) is 0 Å². The average molecular weight is 260 g/mol. The first-order chi connectivity index (χ1) is 9.27. The van der Waals surface area contributed by atoms with Crippen LogP contribution >= 0.6 is 0 Å². The number of benzene rings is 1. The Morgan fingerprint density at radius 1 is 1.16 bits per heavy atom. The molecule has 0 amide bonds. The van der Waals surface area contributed by atoms with E-state index in [0.717, 1.165) is 29.9 Å². The summed E-state index contributed by atoms with van der Waals surface area (Å²) in [6.07, 6.45) is 6.25. The molecule has 0 spiro atoms. The summed E-state index contributed by atoms with van der Waals surface area (Å²) in [4.78, 5) is 0. The molecule has 1 aromatic rings. The smallest absolute Gasteiger partial charge is 0.122 e. The normalized spacial score (nSPS) is 9.84. The van der Waals surface area contributed by atoms with Crippen molar-refractivity contribution in [3.8, 4) is 17.6 Å². The third-order valence-electron chi connectivity index (χ3n) is 2.99. The second kappa shape index (κ2) is 9.47. The van der Waals surface area contributed by atoms with Crippen LogP contribution in [0, 0.1) is 18.8 Å². The van der Waals surface area contributed by atoms with Gasteiger partial charge in [0.2, 0.25) is 0 Å². The lowest BCUT2D eigenvalue weighted by atomic mass is 10.1. The van der Waals surface area contributed by atoms with Gasteiger partial charge in [0.1, 0.15) is 12.4 Å². The standard InChI is InChI=1S/C17H24O2/c1-3-4-5-6-7-13-19-17-11-10-16(9-8-12-18)14-15(17)2/h10-11,14,18H,3-7,12-13H2,1-2H3. The molecule has 1 rings (SSSR count). The fraction of sp³-hybridized carbons (Fsp3) is 0.529. The second-order valence-electron chi connectivity index (χ2n) is 4.70. The van der Waals surface area contributed by atoms with Gasteiger partial charge in [0, 0.05) is 5.56 Å². The highest BCUT2D eigenvalue weighted by Gasteiger charge is 2.00. The van der Waals surface area contributed by atoms with E-state index in [0.29, 0.717) is 0 Å². The number of aryl methyl sites for hydroxylation is 1. The number of aliphatic hydroxyl groups is 1. The maximum Gasteiger partial charge on any atom is 0.122 e. The van der Waals surface area contributed by atoms with Crippen LogP contribution in [0.1, 0.15) is 50.2 Å². The Bertz CT molecular complexity index is 427. The van der Waals surface area contributed by atoms with E-state index in [2.05, 4.69) is 18.8 Å². The number of hydrogen-bond donors (Lipinski definition) is 1. The molecule has 2 nitrogen and oxygen atoms in total. The van der Waals surface area contributed by atoms with Crippen molar-refractivity contribution in [1.82, 2.24) is 0 Å². The zero-order valence-corrected chi connectivity index (χ0v) is 12.0. The number of aliphatic hydroxyl groups excluding tert-OH is 1. The molecule has 0 aliphatic heterocycles. The highest BCUT2D eigenvalue weighted by molar-refractivity contribution is 5.43. The van der Waals surface area contributed by atoms with E-state index in [1.807, 2.05) is 25.1 Å². The van der Waals surface area contributed by atoms with Crippen LogP contribution in [0.4, 0.5) is 0 Å². The summed E-state index contributed by atoms with van der Waals surface area (Å²) in [6, 6.07) is 5.89. The molecule has 0 radical (unpaired) electrons. The first-order valence-electron chi connectivity index (χ1n) is 7.11. The molecule has 0 aliphatic rings. The largest absolute Gasteiger partial charge is 0.493 e. The van der Waals surface area contributed by atoms with Gasteiger partial charge in [-0.1, -0.05) is 44.4 Å². The minimum absolute atomic E-state index is 0.102. The molecule has 0 heterocycles. The van der Waals surface area contributed by atoms with Crippen molar-refractivity contribution in [3.63, 3.8) is 0 Å². The summed E-state index contributed by atoms with van der Waals surface area (Å²) in [5, 5.41) is 8.66. The molecule has 0 bridgehead atoms. The van der Waals surface area contributed by atoms with Crippen LogP contribution in [0.2, 0.25) is 0 Å². The molecule has 0 saturated carbocycles. The van der Waals surface area contributed by atoms with Gasteiger partial charge in [-0.25, -0.2) is 0 Å². The van der Waals surface area contributed by atoms with E-state index in [4.69, 9.17) is 9.84 Å². The highest BCUT2D eigenvalue weighted by atomic mass is 16.5. The molecule has 0 aliphatic carbocycles. The third-order valence-corrected chi connectivity index (χ3v) is 2.99. The minimum Gasteiger partial charge on any atom is -0.493 e. The van der Waals surface area contributed by atoms with Crippen LogP contribution in [0.3, 0.4) is 0 Å². The van der Waals surface area contributed by atoms with Gasteiger partial charge in [0.25, 0.3) is 0 Å². The van der Waals surface area contributed by atoms with E-state index in [-0.39, 0.29) is 6.61 Å². The Hall–Kier alpha value is -1.46. The summed E-state index contributed by atoms with van der Waals surface area (Å²) >= 11 is 0. The average Bonchev–Trinajstić information content (AvgIpc) is 2.42. The Labute approximate surface area is 116 Å². The number of unbranched alkanes of at least 4 members (excludes halogenated alkanes) is 4. The maximum absolute atomic E-state index is 8.66. The third kappa shape index (κ3) is 6.31. The molecular weight excluding hydrogens is 236 g/mol. The van der Waals surface area contributed by atoms with Crippen molar-refractivity contribution in [3.05, 3.63) is 29.3 Å². The molecule has 0 unspecified atom stereocenters. The summed E-state index contributed by atoms with van der Waals surface area (Å²) < 4.78 is 5.78. The number of hydrogen-bond acceptors (Lipinski definition) is 2. The van der Waals surface area contributed by atoms with E-state index < -0.39 is 0 Å². The lowest BCUT2D eigenvalue weighted by Crippen LogP contribution is -1.99. The maximum atomic E-state index is 8.66. The van der Waals surface area contributed by atoms with Gasteiger partial charge in [-0.15, -0.1) is 0 Å². The number of ether oxygens (including phenoxy) is 1. The molecule has 2 heteroatoms. The zero-order chi connectivity index (χ0) is 13.9. The van der Waals surface area contributed by atoms with Crippen molar-refractivity contribution in [2.24, 2.45) is 0 Å². The fourth-order valence-corrected chi connectivity index (χ4v) is 1.92. The second-order valence-corrected chi connectivity index (χ2v) is 4.70. The fourth-order valence-electron chi connectivity index (χ4n) is 1.92. The van der Waals surface area contributed by atoms with Crippen molar-refractivity contribution >= 4 is 0 Å². The van der Waals surface area contributed by atoms with Gasteiger partial charge >= 0.3 is 0 Å². The van der Waals surface area contributed by atoms with Crippen LogP contribution in [-0.2, 0) is 0 Å². The summed E-state index contributed by atoms with van der Waals surface area (Å²) in [6.45, 7) is 4.93. The van der Waals surface area contributed by atoms with Gasteiger partial charge < -0.3 is 9.84 Å². The highest BCUT2D eigenvalue weighted by Crippen LogP contribution is 2.19. The Morgan fingerprint density at radius 2 is 1.95 bits per heavy atom. The summed E-state index contributed by atoms with van der Waals surface area (Å²) in [5.41, 5.74) is 2.01. The lowest BCUT2D eigenvalue weighted by Gasteiger charge is -2.09. The topological polar surface area (TPSA) is 29.5 Å². The van der Waals surface area contributed by atoms with Crippen LogP contribution in [0.15, 0.2) is 18.2 Å². The van der Waals surface area contributed by atoms with Gasteiger partial charge in [-0.05, 0) is 37.1 Å². The van der Waals surface area contributed by atoms with Crippen LogP contribution in [0.5, 0.6) is 5.75 Å². The van der Waals surface area contributed by atoms with Gasteiger partial charge in [-0.2, -0.15) is 0 Å². The molecular formula is C17H24O2. The van der Waals surface area contributed by atoms with E-state index in [1.54, 1.807) is 0 Å². The molecule has 1 N–H and O–H groups in total. The molecule has 0 fully saturated rings. The van der Waals surface area contributed by atoms with Gasteiger partial charge in [0.05, 0.1) is 6.61 Å². The van der Waals surface area contributed by atoms with Crippen LogP contribution in [0.25, 0.3) is 0 Å². The molecule has 104 valence electrons. The predicted molar refractivity (Wildman–Crippen MR) is 79.4 cm³/mol. The monoisotopic (exact) mass is 260 g/mol. The summed E-state index contributed by atoms with van der Waals surface area (Å²) in [5.74, 6) is 6.48. The SMILES string of the molecule is CCCCCCCOc1ccc(C#CCO)cc1C. The quantitative estimate of drug-likeness (QED) is 0.598. The predicted octanol–water partition coefficient (Wildman–Crippen LogP) is 3.69. The summed E-state index contributed by atoms with van der Waals surface area (Å²) in [7, 11) is 0. The Morgan fingerprint density at radius 3 is 2.63 bits per heavy atom. The van der Waals surface area contributed by atoms with Crippen molar-refractivity contribution in [2.75, 3.05) is 13.2 Å². The first kappa shape index (κ1) is 15.6. The van der Waals surface area contributed by atoms with E-state index in [1.165, 1.54) is 25.7 Å². The Kier molecular flexibility index (Phi) is 7.77. The van der Waals surface area contributed by atoms with Crippen molar-refractivity contribution in [1.29, 1.82) is 0 Å². The molecule has 0 aromatic heterocycles. The van der Waals surface area contributed by atoms with Crippen LogP contribution < -0.4 is 4.74 Å².